The molecule has 1 aliphatic carbocycles. The number of hydrogen-bond acceptors (Lipinski definition) is 9. The molecule has 3 aromatic heterocycles. The van der Waals surface area contributed by atoms with E-state index in [1.165, 1.54) is 17.8 Å². The van der Waals surface area contributed by atoms with Crippen LogP contribution >= 0.6 is 0 Å². The molecule has 0 spiro atoms. The first kappa shape index (κ1) is 24.1. The molecule has 3 atom stereocenters. The van der Waals surface area contributed by atoms with Crippen LogP contribution in [0.5, 0.6) is 0 Å². The van der Waals surface area contributed by atoms with E-state index >= 15 is 0 Å². The van der Waals surface area contributed by atoms with Gasteiger partial charge in [-0.1, -0.05) is 13.0 Å². The molecule has 0 aromatic carbocycles. The van der Waals surface area contributed by atoms with Gasteiger partial charge in [0.1, 0.15) is 11.6 Å². The summed E-state index contributed by atoms with van der Waals surface area (Å²) in [4.78, 5) is 10.8. The van der Waals surface area contributed by atoms with Gasteiger partial charge in [0.05, 0.1) is 11.8 Å². The van der Waals surface area contributed by atoms with Crippen molar-refractivity contribution in [3.05, 3.63) is 48.1 Å². The van der Waals surface area contributed by atoms with Crippen molar-refractivity contribution < 1.29 is 12.8 Å². The molecule has 34 heavy (non-hydrogen) atoms. The van der Waals surface area contributed by atoms with E-state index in [0.29, 0.717) is 41.3 Å². The van der Waals surface area contributed by atoms with Gasteiger partial charge in [0.25, 0.3) is 0 Å². The smallest absolute Gasteiger partial charge is 0.248 e. The largest absolute Gasteiger partial charge is 0.419 e. The third-order valence-corrected chi connectivity index (χ3v) is 8.01. The Labute approximate surface area is 200 Å². The Bertz CT molecular complexity index is 1230. The number of nitrogens with zero attached hydrogens (tertiary/aromatic N) is 6. The van der Waals surface area contributed by atoms with Crippen LogP contribution in [0.2, 0.25) is 0 Å². The highest BCUT2D eigenvalue weighted by Crippen LogP contribution is 2.39. The lowest BCUT2D eigenvalue weighted by atomic mass is 10.1. The van der Waals surface area contributed by atoms with Crippen LogP contribution in [0.15, 0.2) is 41.1 Å². The van der Waals surface area contributed by atoms with E-state index in [2.05, 4.69) is 27.1 Å². The maximum Gasteiger partial charge on any atom is 0.248 e. The van der Waals surface area contributed by atoms with Crippen molar-refractivity contribution in [2.75, 3.05) is 35.6 Å². The number of sulfonamides is 1. The van der Waals surface area contributed by atoms with Crippen LogP contribution in [0.25, 0.3) is 11.5 Å². The highest BCUT2D eigenvalue weighted by atomic mass is 32.2. The molecular formula is C23H31N7O3S. The fraction of sp³-hybridized carbons (Fsp3) is 0.478. The van der Waals surface area contributed by atoms with E-state index in [-0.39, 0.29) is 11.6 Å². The van der Waals surface area contributed by atoms with Gasteiger partial charge < -0.3 is 15.1 Å². The molecule has 3 aromatic rings. The Hall–Kier alpha value is -3.05. The molecule has 3 heterocycles. The molecule has 10 nitrogen and oxygen atoms in total. The Kier molecular flexibility index (Phi) is 6.85. The van der Waals surface area contributed by atoms with Crippen LogP contribution in [0.4, 0.5) is 11.6 Å². The second-order valence-electron chi connectivity index (χ2n) is 8.91. The van der Waals surface area contributed by atoms with Crippen molar-refractivity contribution in [1.82, 2.24) is 20.2 Å². The van der Waals surface area contributed by atoms with Crippen LogP contribution < -0.4 is 14.9 Å². The van der Waals surface area contributed by atoms with Gasteiger partial charge in [-0.25, -0.2) is 13.4 Å². The van der Waals surface area contributed by atoms with Crippen molar-refractivity contribution in [1.29, 1.82) is 0 Å². The molecule has 1 saturated carbocycles. The monoisotopic (exact) mass is 485 g/mol. The molecule has 2 N–H and O–H groups in total. The molecule has 0 saturated heterocycles. The first-order chi connectivity index (χ1) is 16.2. The van der Waals surface area contributed by atoms with Crippen molar-refractivity contribution in [3.63, 3.8) is 0 Å². The lowest BCUT2D eigenvalue weighted by Gasteiger charge is -2.23. The van der Waals surface area contributed by atoms with E-state index in [0.717, 1.165) is 12.1 Å². The van der Waals surface area contributed by atoms with Crippen LogP contribution in [0.1, 0.15) is 37.8 Å². The van der Waals surface area contributed by atoms with Crippen LogP contribution in [-0.4, -0.2) is 55.0 Å². The number of pyridine rings is 2. The molecule has 11 heteroatoms. The first-order valence-corrected chi connectivity index (χ1v) is 13.0. The fourth-order valence-corrected chi connectivity index (χ4v) is 4.54. The lowest BCUT2D eigenvalue weighted by molar-refractivity contribution is 0.457. The number of nitrogens with two attached hydrogens (primary N) is 1. The lowest BCUT2D eigenvalue weighted by Crippen LogP contribution is -2.30. The maximum atomic E-state index is 12.5. The minimum absolute atomic E-state index is 0.0337. The Morgan fingerprint density at radius 1 is 1.24 bits per heavy atom. The molecule has 0 aliphatic heterocycles. The molecule has 0 radical (unpaired) electrons. The van der Waals surface area contributed by atoms with Crippen LogP contribution in [0, 0.1) is 11.8 Å². The number of aromatic nitrogens is 4. The van der Waals surface area contributed by atoms with Crippen LogP contribution in [-0.2, 0) is 16.4 Å². The zero-order chi connectivity index (χ0) is 24.5. The number of anilines is 2. The highest BCUT2D eigenvalue weighted by Gasteiger charge is 2.34. The normalized spacial score (nSPS) is 18.5. The van der Waals surface area contributed by atoms with Crippen molar-refractivity contribution in [2.24, 2.45) is 17.6 Å². The summed E-state index contributed by atoms with van der Waals surface area (Å²) in [5.41, 5.74) is 7.84. The topological polar surface area (TPSA) is 131 Å². The van der Waals surface area contributed by atoms with Gasteiger partial charge in [0.15, 0.2) is 0 Å². The minimum atomic E-state index is -3.50. The van der Waals surface area contributed by atoms with Crippen molar-refractivity contribution in [3.8, 4) is 11.5 Å². The van der Waals surface area contributed by atoms with Crippen molar-refractivity contribution >= 4 is 21.7 Å². The Morgan fingerprint density at radius 3 is 2.62 bits per heavy atom. The predicted octanol–water partition coefficient (Wildman–Crippen LogP) is 2.65. The quantitative estimate of drug-likeness (QED) is 0.460. The zero-order valence-electron chi connectivity index (χ0n) is 19.9. The van der Waals surface area contributed by atoms with Gasteiger partial charge in [-0.05, 0) is 55.4 Å². The second-order valence-corrected chi connectivity index (χ2v) is 11.2. The zero-order valence-corrected chi connectivity index (χ0v) is 20.7. The second kappa shape index (κ2) is 9.67. The van der Waals surface area contributed by atoms with Gasteiger partial charge in [-0.3, -0.25) is 9.29 Å². The van der Waals surface area contributed by atoms with E-state index in [1.807, 2.05) is 30.1 Å². The standard InChI is InChI=1S/C23H31N7O3S/c1-5-34(31,32)30(4)21-12-17(11-20(26-21)29(3)14-18-9-15(18)2)22-27-28-23(33-22)19(24)10-16-7-6-8-25-13-16/h6-8,11-13,15,18-19H,5,9-10,14,24H2,1-4H3. The average molecular weight is 486 g/mol. The summed E-state index contributed by atoms with van der Waals surface area (Å²) in [6, 6.07) is 6.78. The first-order valence-electron chi connectivity index (χ1n) is 11.4. The third kappa shape index (κ3) is 5.36. The summed E-state index contributed by atoms with van der Waals surface area (Å²) in [5, 5.41) is 8.33. The van der Waals surface area contributed by atoms with Gasteiger partial charge in [0, 0.05) is 38.6 Å². The predicted molar refractivity (Wildman–Crippen MR) is 131 cm³/mol. The van der Waals surface area contributed by atoms with Gasteiger partial charge >= 0.3 is 0 Å². The number of rotatable bonds is 10. The molecule has 182 valence electrons. The molecule has 0 amide bonds. The summed E-state index contributed by atoms with van der Waals surface area (Å²) in [7, 11) is -0.0378. The highest BCUT2D eigenvalue weighted by molar-refractivity contribution is 7.92. The number of hydrogen-bond donors (Lipinski definition) is 1. The maximum absolute atomic E-state index is 12.5. The van der Waals surface area contributed by atoms with Gasteiger partial charge in [-0.2, -0.15) is 0 Å². The molecule has 1 fully saturated rings. The van der Waals surface area contributed by atoms with Gasteiger partial charge in [0.2, 0.25) is 21.8 Å². The Balaban J connectivity index is 1.65. The molecule has 0 bridgehead atoms. The SMILES string of the molecule is CCS(=O)(=O)N(C)c1cc(-c2nnc(C(N)Cc3cccnc3)o2)cc(N(C)CC2CC2C)n1. The molecular weight excluding hydrogens is 454 g/mol. The molecule has 4 rings (SSSR count). The summed E-state index contributed by atoms with van der Waals surface area (Å²) in [6.45, 7) is 4.67. The minimum Gasteiger partial charge on any atom is -0.419 e. The van der Waals surface area contributed by atoms with Crippen molar-refractivity contribution in [2.45, 2.75) is 32.7 Å². The Morgan fingerprint density at radius 2 is 1.97 bits per heavy atom. The molecule has 1 aliphatic rings. The summed E-state index contributed by atoms with van der Waals surface area (Å²) >= 11 is 0. The summed E-state index contributed by atoms with van der Waals surface area (Å²) in [6.07, 6.45) is 5.14. The van der Waals surface area contributed by atoms with Crippen LogP contribution in [0.3, 0.4) is 0 Å². The summed E-state index contributed by atoms with van der Waals surface area (Å²) in [5.74, 6) is 2.76. The average Bonchev–Trinajstić information content (AvgIpc) is 3.31. The van der Waals surface area contributed by atoms with E-state index in [9.17, 15) is 8.42 Å². The van der Waals surface area contributed by atoms with Gasteiger partial charge in [-0.15, -0.1) is 10.2 Å². The van der Waals surface area contributed by atoms with E-state index in [1.54, 1.807) is 25.4 Å². The fourth-order valence-electron chi connectivity index (χ4n) is 3.78. The molecule has 3 unspecified atom stereocenters. The van der Waals surface area contributed by atoms with E-state index < -0.39 is 16.1 Å². The van der Waals surface area contributed by atoms with E-state index in [4.69, 9.17) is 10.2 Å². The third-order valence-electron chi connectivity index (χ3n) is 6.26. The summed E-state index contributed by atoms with van der Waals surface area (Å²) < 4.78 is 32.2.